The SMILES string of the molecule is CCN(CCC(=O)OC)S(=O)(=O)N1CCCCC1. The maximum Gasteiger partial charge on any atom is 0.306 e. The molecule has 0 aromatic carbocycles. The van der Waals surface area contributed by atoms with Crippen LogP contribution >= 0.6 is 0 Å². The third-order valence-electron chi connectivity index (χ3n) is 3.11. The molecule has 7 heteroatoms. The van der Waals surface area contributed by atoms with Crippen LogP contribution in [0.3, 0.4) is 0 Å². The first-order valence-electron chi connectivity index (χ1n) is 6.34. The van der Waals surface area contributed by atoms with E-state index in [1.54, 1.807) is 6.92 Å². The van der Waals surface area contributed by atoms with E-state index in [1.165, 1.54) is 15.7 Å². The van der Waals surface area contributed by atoms with Crippen LogP contribution in [-0.4, -0.2) is 56.3 Å². The fourth-order valence-corrected chi connectivity index (χ4v) is 3.71. The fourth-order valence-electron chi connectivity index (χ4n) is 2.01. The van der Waals surface area contributed by atoms with E-state index in [-0.39, 0.29) is 18.9 Å². The van der Waals surface area contributed by atoms with Gasteiger partial charge >= 0.3 is 5.97 Å². The summed E-state index contributed by atoms with van der Waals surface area (Å²) in [7, 11) is -2.12. The number of carbonyl (C=O) groups is 1. The van der Waals surface area contributed by atoms with Crippen molar-refractivity contribution in [1.82, 2.24) is 8.61 Å². The molecule has 0 aromatic heterocycles. The minimum absolute atomic E-state index is 0.0947. The van der Waals surface area contributed by atoms with Crippen LogP contribution in [0.5, 0.6) is 0 Å². The summed E-state index contributed by atoms with van der Waals surface area (Å²) in [5, 5.41) is 0. The largest absolute Gasteiger partial charge is 0.469 e. The molecule has 1 saturated heterocycles. The molecule has 0 saturated carbocycles. The lowest BCUT2D eigenvalue weighted by Gasteiger charge is -2.31. The summed E-state index contributed by atoms with van der Waals surface area (Å²) in [5.41, 5.74) is 0. The minimum atomic E-state index is -3.42. The summed E-state index contributed by atoms with van der Waals surface area (Å²) in [4.78, 5) is 11.1. The van der Waals surface area contributed by atoms with Gasteiger partial charge in [0.15, 0.2) is 0 Å². The number of carbonyl (C=O) groups excluding carboxylic acids is 1. The Morgan fingerprint density at radius 1 is 1.28 bits per heavy atom. The number of ether oxygens (including phenoxy) is 1. The Labute approximate surface area is 109 Å². The molecule has 1 heterocycles. The van der Waals surface area contributed by atoms with Gasteiger partial charge in [-0.3, -0.25) is 4.79 Å². The van der Waals surface area contributed by atoms with Crippen LogP contribution in [-0.2, 0) is 19.7 Å². The third kappa shape index (κ3) is 3.93. The van der Waals surface area contributed by atoms with Crippen LogP contribution in [0.25, 0.3) is 0 Å². The average Bonchev–Trinajstić information content (AvgIpc) is 2.39. The molecule has 0 spiro atoms. The molecule has 6 nitrogen and oxygen atoms in total. The molecule has 0 unspecified atom stereocenters. The van der Waals surface area contributed by atoms with Crippen molar-refractivity contribution in [3.8, 4) is 0 Å². The molecule has 0 atom stereocenters. The van der Waals surface area contributed by atoms with E-state index in [4.69, 9.17) is 0 Å². The van der Waals surface area contributed by atoms with Gasteiger partial charge in [0.25, 0.3) is 10.2 Å². The lowest BCUT2D eigenvalue weighted by atomic mass is 10.2. The van der Waals surface area contributed by atoms with Crippen molar-refractivity contribution in [2.75, 3.05) is 33.3 Å². The quantitative estimate of drug-likeness (QED) is 0.667. The Hall–Kier alpha value is -0.660. The van der Waals surface area contributed by atoms with Crippen molar-refractivity contribution in [3.63, 3.8) is 0 Å². The molecule has 18 heavy (non-hydrogen) atoms. The molecule has 0 aromatic rings. The zero-order valence-corrected chi connectivity index (χ0v) is 11.9. The Bertz CT molecular complexity index is 363. The fraction of sp³-hybridized carbons (Fsp3) is 0.909. The standard InChI is InChI=1S/C11H22N2O4S/c1-3-12(10-7-11(14)17-2)18(15,16)13-8-5-4-6-9-13/h3-10H2,1-2H3. The Balaban J connectivity index is 2.63. The molecule has 1 fully saturated rings. The van der Waals surface area contributed by atoms with Gasteiger partial charge in [0, 0.05) is 26.2 Å². The van der Waals surface area contributed by atoms with Gasteiger partial charge in [-0.25, -0.2) is 0 Å². The predicted molar refractivity (Wildman–Crippen MR) is 68.2 cm³/mol. The number of nitrogens with zero attached hydrogens (tertiary/aromatic N) is 2. The normalized spacial score (nSPS) is 17.9. The summed E-state index contributed by atoms with van der Waals surface area (Å²) < 4.78 is 32.0. The van der Waals surface area contributed by atoms with Crippen molar-refractivity contribution in [2.24, 2.45) is 0 Å². The van der Waals surface area contributed by atoms with Gasteiger partial charge in [0.05, 0.1) is 13.5 Å². The molecule has 0 N–H and O–H groups in total. The zero-order valence-electron chi connectivity index (χ0n) is 11.1. The lowest BCUT2D eigenvalue weighted by Crippen LogP contribution is -2.46. The van der Waals surface area contributed by atoms with Gasteiger partial charge in [-0.15, -0.1) is 0 Å². The second-order valence-corrected chi connectivity index (χ2v) is 6.21. The zero-order chi connectivity index (χ0) is 13.6. The number of methoxy groups -OCH3 is 1. The van der Waals surface area contributed by atoms with Gasteiger partial charge in [-0.1, -0.05) is 13.3 Å². The van der Waals surface area contributed by atoms with Crippen LogP contribution in [0, 0.1) is 0 Å². The average molecular weight is 278 g/mol. The van der Waals surface area contributed by atoms with Crippen LogP contribution in [0.4, 0.5) is 0 Å². The highest BCUT2D eigenvalue weighted by Gasteiger charge is 2.29. The first-order chi connectivity index (χ1) is 8.52. The first kappa shape index (κ1) is 15.4. The number of rotatable bonds is 6. The van der Waals surface area contributed by atoms with Crippen molar-refractivity contribution in [2.45, 2.75) is 32.6 Å². The van der Waals surface area contributed by atoms with Crippen molar-refractivity contribution in [3.05, 3.63) is 0 Å². The molecule has 1 rings (SSSR count). The minimum Gasteiger partial charge on any atom is -0.469 e. The highest BCUT2D eigenvalue weighted by molar-refractivity contribution is 7.86. The molecule has 0 bridgehead atoms. The monoisotopic (exact) mass is 278 g/mol. The van der Waals surface area contributed by atoms with Crippen molar-refractivity contribution >= 4 is 16.2 Å². The Kier molecular flexibility index (Phi) is 6.04. The lowest BCUT2D eigenvalue weighted by molar-refractivity contribution is -0.140. The smallest absolute Gasteiger partial charge is 0.306 e. The molecule has 1 aliphatic rings. The molecule has 0 radical (unpaired) electrons. The Morgan fingerprint density at radius 3 is 2.39 bits per heavy atom. The van der Waals surface area contributed by atoms with Gasteiger partial charge in [-0.05, 0) is 12.8 Å². The number of piperidine rings is 1. The van der Waals surface area contributed by atoms with E-state index >= 15 is 0 Å². The van der Waals surface area contributed by atoms with E-state index in [0.29, 0.717) is 19.6 Å². The molecular weight excluding hydrogens is 256 g/mol. The van der Waals surface area contributed by atoms with Crippen LogP contribution in [0.2, 0.25) is 0 Å². The summed E-state index contributed by atoms with van der Waals surface area (Å²) in [6.45, 7) is 3.49. The van der Waals surface area contributed by atoms with Gasteiger partial charge in [0.1, 0.15) is 0 Å². The summed E-state index contributed by atoms with van der Waals surface area (Å²) >= 11 is 0. The number of hydrogen-bond donors (Lipinski definition) is 0. The number of hydrogen-bond acceptors (Lipinski definition) is 4. The van der Waals surface area contributed by atoms with Crippen LogP contribution in [0.15, 0.2) is 0 Å². The third-order valence-corrected chi connectivity index (χ3v) is 5.22. The second kappa shape index (κ2) is 7.06. The summed E-state index contributed by atoms with van der Waals surface area (Å²) in [5.74, 6) is -0.387. The number of esters is 1. The highest BCUT2D eigenvalue weighted by Crippen LogP contribution is 2.16. The van der Waals surface area contributed by atoms with Gasteiger partial charge < -0.3 is 4.74 Å². The molecule has 106 valence electrons. The molecule has 0 amide bonds. The van der Waals surface area contributed by atoms with E-state index in [9.17, 15) is 13.2 Å². The topological polar surface area (TPSA) is 66.9 Å². The summed E-state index contributed by atoms with van der Waals surface area (Å²) in [6, 6.07) is 0. The van der Waals surface area contributed by atoms with E-state index in [1.807, 2.05) is 0 Å². The maximum atomic E-state index is 12.3. The molecule has 1 aliphatic heterocycles. The predicted octanol–water partition coefficient (Wildman–Crippen LogP) is 0.602. The second-order valence-electron chi connectivity index (χ2n) is 4.29. The van der Waals surface area contributed by atoms with E-state index in [0.717, 1.165) is 19.3 Å². The van der Waals surface area contributed by atoms with Crippen molar-refractivity contribution < 1.29 is 17.9 Å². The first-order valence-corrected chi connectivity index (χ1v) is 7.74. The van der Waals surface area contributed by atoms with Gasteiger partial charge in [-0.2, -0.15) is 17.0 Å². The molecule has 0 aliphatic carbocycles. The summed E-state index contributed by atoms with van der Waals surface area (Å²) in [6.07, 6.45) is 3.00. The van der Waals surface area contributed by atoms with Crippen LogP contribution in [0.1, 0.15) is 32.6 Å². The highest BCUT2D eigenvalue weighted by atomic mass is 32.2. The molecular formula is C11H22N2O4S. The Morgan fingerprint density at radius 2 is 1.89 bits per heavy atom. The van der Waals surface area contributed by atoms with Gasteiger partial charge in [0.2, 0.25) is 0 Å². The van der Waals surface area contributed by atoms with E-state index < -0.39 is 10.2 Å². The van der Waals surface area contributed by atoms with Crippen molar-refractivity contribution in [1.29, 1.82) is 0 Å². The van der Waals surface area contributed by atoms with Crippen LogP contribution < -0.4 is 0 Å². The maximum absolute atomic E-state index is 12.3. The van der Waals surface area contributed by atoms with E-state index in [2.05, 4.69) is 4.74 Å².